The Morgan fingerprint density at radius 2 is 1.86 bits per heavy atom. The van der Waals surface area contributed by atoms with Crippen LogP contribution in [0.4, 0.5) is 14.5 Å². The number of piperidine rings is 1. The third kappa shape index (κ3) is 3.00. The van der Waals surface area contributed by atoms with Gasteiger partial charge in [-0.15, -0.1) is 12.4 Å². The van der Waals surface area contributed by atoms with Gasteiger partial charge in [0.2, 0.25) is 5.43 Å². The van der Waals surface area contributed by atoms with Gasteiger partial charge in [0.25, 0.3) is 0 Å². The highest BCUT2D eigenvalue weighted by molar-refractivity contribution is 5.94. The second-order valence-electron chi connectivity index (χ2n) is 8.39. The molecule has 3 aliphatic rings. The summed E-state index contributed by atoms with van der Waals surface area (Å²) in [6, 6.07) is 1.10. The highest BCUT2D eigenvalue weighted by Crippen LogP contribution is 2.53. The number of anilines is 1. The van der Waals surface area contributed by atoms with Gasteiger partial charge in [-0.2, -0.15) is 0 Å². The summed E-state index contributed by atoms with van der Waals surface area (Å²) >= 11 is 0. The lowest BCUT2D eigenvalue weighted by atomic mass is 9.92. The van der Waals surface area contributed by atoms with E-state index < -0.39 is 28.6 Å². The number of rotatable bonds is 3. The number of pyridine rings is 1. The number of carboxylic acid groups (broad SMARTS) is 1. The Hall–Kier alpha value is -2.19. The lowest BCUT2D eigenvalue weighted by Gasteiger charge is -2.34. The minimum Gasteiger partial charge on any atom is -0.477 e. The molecule has 0 amide bonds. The Bertz CT molecular complexity index is 1080. The van der Waals surface area contributed by atoms with Crippen LogP contribution in [0.25, 0.3) is 10.9 Å². The van der Waals surface area contributed by atoms with Crippen LogP contribution in [0, 0.1) is 17.0 Å². The van der Waals surface area contributed by atoms with E-state index in [2.05, 4.69) is 0 Å². The summed E-state index contributed by atoms with van der Waals surface area (Å²) < 4.78 is 32.0. The molecule has 5 rings (SSSR count). The molecular weight excluding hydrogens is 404 g/mol. The fraction of sp³-hybridized carbons (Fsp3) is 0.500. The van der Waals surface area contributed by atoms with Crippen LogP contribution in [0.3, 0.4) is 0 Å². The third-order valence-corrected chi connectivity index (χ3v) is 6.68. The standard InChI is InChI=1S/C20H21F2N3O3.ClH/c21-13-7-11-16(25(10-1-2-10)9-12(18(11)26)19(27)28)15(22)17(13)24-5-3-20(4-6-24)8-14(20)23;/h7,9-10,14H,1-6,8,23H2,(H,27,28);1H. The van der Waals surface area contributed by atoms with E-state index >= 15 is 4.39 Å². The summed E-state index contributed by atoms with van der Waals surface area (Å²) in [4.78, 5) is 25.6. The quantitative estimate of drug-likeness (QED) is 0.789. The van der Waals surface area contributed by atoms with Crippen molar-refractivity contribution in [3.05, 3.63) is 39.7 Å². The predicted octanol–water partition coefficient (Wildman–Crippen LogP) is 3.05. The number of fused-ring (bicyclic) bond motifs is 1. The molecule has 2 aromatic rings. The summed E-state index contributed by atoms with van der Waals surface area (Å²) in [6.07, 6.45) is 5.28. The number of benzene rings is 1. The van der Waals surface area contributed by atoms with Crippen LogP contribution in [0.15, 0.2) is 17.1 Å². The number of aromatic carboxylic acids is 1. The second kappa shape index (κ2) is 6.67. The van der Waals surface area contributed by atoms with E-state index in [1.54, 1.807) is 4.90 Å². The van der Waals surface area contributed by atoms with Gasteiger partial charge < -0.3 is 20.3 Å². The summed E-state index contributed by atoms with van der Waals surface area (Å²) in [5.41, 5.74) is 4.68. The lowest BCUT2D eigenvalue weighted by Crippen LogP contribution is -2.37. The van der Waals surface area contributed by atoms with Gasteiger partial charge >= 0.3 is 5.97 Å². The maximum absolute atomic E-state index is 15.5. The van der Waals surface area contributed by atoms with E-state index in [-0.39, 0.29) is 46.5 Å². The number of halogens is 3. The zero-order valence-corrected chi connectivity index (χ0v) is 16.5. The van der Waals surface area contributed by atoms with Crippen LogP contribution in [-0.4, -0.2) is 34.8 Å². The molecule has 1 saturated heterocycles. The van der Waals surface area contributed by atoms with E-state index in [9.17, 15) is 19.1 Å². The SMILES string of the molecule is Cl.NC1CC12CCN(c1c(F)cc3c(=O)c(C(=O)O)cn(C4CC4)c3c1F)CC2. The molecule has 2 aliphatic carbocycles. The summed E-state index contributed by atoms with van der Waals surface area (Å²) in [5.74, 6) is -3.01. The molecule has 1 aliphatic heterocycles. The molecule has 3 N–H and O–H groups in total. The first-order valence-electron chi connectivity index (χ1n) is 9.63. The van der Waals surface area contributed by atoms with Crippen molar-refractivity contribution < 1.29 is 18.7 Å². The largest absolute Gasteiger partial charge is 0.477 e. The smallest absolute Gasteiger partial charge is 0.341 e. The Kier molecular flexibility index (Phi) is 4.62. The molecule has 1 unspecified atom stereocenters. The number of aromatic nitrogens is 1. The molecule has 9 heteroatoms. The van der Waals surface area contributed by atoms with Crippen LogP contribution in [0.2, 0.25) is 0 Å². The van der Waals surface area contributed by atoms with Gasteiger partial charge in [0.15, 0.2) is 5.82 Å². The predicted molar refractivity (Wildman–Crippen MR) is 107 cm³/mol. The van der Waals surface area contributed by atoms with Crippen molar-refractivity contribution in [1.29, 1.82) is 0 Å². The van der Waals surface area contributed by atoms with Gasteiger partial charge in [-0.1, -0.05) is 0 Å². The number of carbonyl (C=O) groups is 1. The number of carboxylic acids is 1. The molecule has 2 saturated carbocycles. The first kappa shape index (κ1) is 20.1. The Morgan fingerprint density at radius 3 is 2.38 bits per heavy atom. The van der Waals surface area contributed by atoms with Crippen LogP contribution in [0.5, 0.6) is 0 Å². The molecule has 1 atom stereocenters. The highest BCUT2D eigenvalue weighted by atomic mass is 35.5. The van der Waals surface area contributed by atoms with Gasteiger partial charge in [-0.05, 0) is 43.6 Å². The fourth-order valence-electron chi connectivity index (χ4n) is 4.64. The molecular formula is C20H22ClF2N3O3. The van der Waals surface area contributed by atoms with E-state index in [4.69, 9.17) is 5.73 Å². The monoisotopic (exact) mass is 425 g/mol. The lowest BCUT2D eigenvalue weighted by molar-refractivity contribution is 0.0695. The Labute approximate surface area is 171 Å². The normalized spacial score (nSPS) is 22.6. The first-order chi connectivity index (χ1) is 13.3. The number of nitrogens with two attached hydrogens (primary N) is 1. The van der Waals surface area contributed by atoms with Gasteiger partial charge in [0.05, 0.1) is 10.9 Å². The first-order valence-corrected chi connectivity index (χ1v) is 9.63. The maximum atomic E-state index is 15.5. The molecule has 3 fully saturated rings. The van der Waals surface area contributed by atoms with Gasteiger partial charge in [-0.3, -0.25) is 4.79 Å². The van der Waals surface area contributed by atoms with E-state index in [1.807, 2.05) is 0 Å². The van der Waals surface area contributed by atoms with Crippen molar-refractivity contribution in [3.8, 4) is 0 Å². The zero-order valence-electron chi connectivity index (χ0n) is 15.7. The van der Waals surface area contributed by atoms with Gasteiger partial charge in [0, 0.05) is 31.4 Å². The van der Waals surface area contributed by atoms with Crippen LogP contribution in [-0.2, 0) is 0 Å². The van der Waals surface area contributed by atoms with Gasteiger partial charge in [0.1, 0.15) is 17.1 Å². The molecule has 6 nitrogen and oxygen atoms in total. The molecule has 156 valence electrons. The van der Waals surface area contributed by atoms with Crippen molar-refractivity contribution >= 4 is 35.0 Å². The van der Waals surface area contributed by atoms with Crippen LogP contribution < -0.4 is 16.1 Å². The number of hydrogen-bond acceptors (Lipinski definition) is 4. The molecule has 1 aromatic carbocycles. The summed E-state index contributed by atoms with van der Waals surface area (Å²) in [6.45, 7) is 1.02. The van der Waals surface area contributed by atoms with Crippen molar-refractivity contribution in [2.75, 3.05) is 18.0 Å². The van der Waals surface area contributed by atoms with Gasteiger partial charge in [-0.25, -0.2) is 13.6 Å². The molecule has 0 bridgehead atoms. The molecule has 0 radical (unpaired) electrons. The Morgan fingerprint density at radius 1 is 1.24 bits per heavy atom. The summed E-state index contributed by atoms with van der Waals surface area (Å²) in [5, 5.41) is 9.09. The molecule has 2 heterocycles. The van der Waals surface area contributed by atoms with E-state index in [0.717, 1.165) is 38.2 Å². The number of nitrogens with zero attached hydrogens (tertiary/aromatic N) is 2. The summed E-state index contributed by atoms with van der Waals surface area (Å²) in [7, 11) is 0. The van der Waals surface area contributed by atoms with Crippen molar-refractivity contribution in [3.63, 3.8) is 0 Å². The van der Waals surface area contributed by atoms with Crippen LogP contribution >= 0.6 is 12.4 Å². The molecule has 29 heavy (non-hydrogen) atoms. The maximum Gasteiger partial charge on any atom is 0.341 e. The fourth-order valence-corrected chi connectivity index (χ4v) is 4.64. The zero-order chi connectivity index (χ0) is 19.8. The average molecular weight is 426 g/mol. The van der Waals surface area contributed by atoms with E-state index in [1.165, 1.54) is 10.8 Å². The second-order valence-corrected chi connectivity index (χ2v) is 8.39. The van der Waals surface area contributed by atoms with Crippen molar-refractivity contribution in [1.82, 2.24) is 4.57 Å². The topological polar surface area (TPSA) is 88.6 Å². The van der Waals surface area contributed by atoms with E-state index in [0.29, 0.717) is 13.1 Å². The molecule has 1 aromatic heterocycles. The highest BCUT2D eigenvalue weighted by Gasteiger charge is 2.53. The van der Waals surface area contributed by atoms with Crippen molar-refractivity contribution in [2.45, 2.75) is 44.2 Å². The minimum absolute atomic E-state index is 0. The average Bonchev–Trinajstić information content (AvgIpc) is 3.56. The minimum atomic E-state index is -1.40. The third-order valence-electron chi connectivity index (χ3n) is 6.68. The number of hydrogen-bond donors (Lipinski definition) is 2. The van der Waals surface area contributed by atoms with Crippen molar-refractivity contribution in [2.24, 2.45) is 11.1 Å². The Balaban J connectivity index is 0.00000205. The molecule has 1 spiro atoms. The van der Waals surface area contributed by atoms with Crippen LogP contribution in [0.1, 0.15) is 48.5 Å².